The van der Waals surface area contributed by atoms with E-state index in [9.17, 15) is 14.0 Å². The molecule has 0 spiro atoms. The third kappa shape index (κ3) is 5.93. The van der Waals surface area contributed by atoms with E-state index in [1.54, 1.807) is 6.07 Å². The number of nitrogens with one attached hydrogen (secondary N) is 1. The van der Waals surface area contributed by atoms with Crippen molar-refractivity contribution in [2.45, 2.75) is 19.4 Å². The first-order chi connectivity index (χ1) is 15.6. The highest BCUT2D eigenvalue weighted by Crippen LogP contribution is 2.20. The monoisotopic (exact) mass is 438 g/mol. The molecule has 2 aromatic carbocycles. The molecule has 170 valence electrons. The van der Waals surface area contributed by atoms with Gasteiger partial charge in [0.2, 0.25) is 11.8 Å². The van der Waals surface area contributed by atoms with Crippen LogP contribution in [-0.4, -0.2) is 72.3 Å². The summed E-state index contributed by atoms with van der Waals surface area (Å²) < 4.78 is 13.9. The number of hydrogen-bond donors (Lipinski definition) is 1. The summed E-state index contributed by atoms with van der Waals surface area (Å²) in [7, 11) is 0. The zero-order valence-electron chi connectivity index (χ0n) is 18.4. The first-order valence-corrected chi connectivity index (χ1v) is 11.4. The number of hydrogen-bond acceptors (Lipinski definition) is 4. The Kier molecular flexibility index (Phi) is 7.50. The van der Waals surface area contributed by atoms with Gasteiger partial charge in [-0.25, -0.2) is 4.39 Å². The maximum Gasteiger partial charge on any atom is 0.236 e. The number of carbonyl (C=O) groups excluding carboxylic acids is 2. The van der Waals surface area contributed by atoms with Crippen molar-refractivity contribution in [3.63, 3.8) is 0 Å². The standard InChI is InChI=1S/C25H31FN4O2/c26-23-9-5-4-6-21(23)18-28-14-16-29(17-15-28)19-24(31)30-12-10-20(11-13-30)25(32)27-22-7-2-1-3-8-22/h1-9,20H,10-19H2,(H,27,32). The van der Waals surface area contributed by atoms with Gasteiger partial charge >= 0.3 is 0 Å². The second-order valence-electron chi connectivity index (χ2n) is 8.65. The number of carbonyl (C=O) groups is 2. The summed E-state index contributed by atoms with van der Waals surface area (Å²) in [6.07, 6.45) is 1.39. The summed E-state index contributed by atoms with van der Waals surface area (Å²) in [5.74, 6) is -0.0455. The van der Waals surface area contributed by atoms with Gasteiger partial charge in [0.1, 0.15) is 5.82 Å². The van der Waals surface area contributed by atoms with Crippen LogP contribution in [0.1, 0.15) is 18.4 Å². The van der Waals surface area contributed by atoms with Crippen molar-refractivity contribution in [2.24, 2.45) is 5.92 Å². The molecular weight excluding hydrogens is 407 g/mol. The first kappa shape index (κ1) is 22.4. The number of nitrogens with zero attached hydrogens (tertiary/aromatic N) is 3. The Morgan fingerprint density at radius 2 is 1.47 bits per heavy atom. The number of halogens is 1. The number of likely N-dealkylation sites (tertiary alicyclic amines) is 1. The van der Waals surface area contributed by atoms with E-state index in [1.807, 2.05) is 47.4 Å². The van der Waals surface area contributed by atoms with Crippen LogP contribution >= 0.6 is 0 Å². The fraction of sp³-hybridized carbons (Fsp3) is 0.440. The van der Waals surface area contributed by atoms with Crippen LogP contribution in [0.5, 0.6) is 0 Å². The summed E-state index contributed by atoms with van der Waals surface area (Å²) in [6.45, 7) is 5.51. The van der Waals surface area contributed by atoms with Crippen molar-refractivity contribution in [1.82, 2.24) is 14.7 Å². The lowest BCUT2D eigenvalue weighted by atomic mass is 9.95. The highest BCUT2D eigenvalue weighted by Gasteiger charge is 2.29. The van der Waals surface area contributed by atoms with Crippen LogP contribution in [0.4, 0.5) is 10.1 Å². The lowest BCUT2D eigenvalue weighted by Crippen LogP contribution is -2.51. The molecule has 0 bridgehead atoms. The SMILES string of the molecule is O=C(Nc1ccccc1)C1CCN(C(=O)CN2CCN(Cc3ccccc3F)CC2)CC1. The summed E-state index contributed by atoms with van der Waals surface area (Å²) in [5.41, 5.74) is 1.53. The van der Waals surface area contributed by atoms with E-state index in [1.165, 1.54) is 6.07 Å². The minimum Gasteiger partial charge on any atom is -0.342 e. The van der Waals surface area contributed by atoms with E-state index in [0.29, 0.717) is 39.0 Å². The fourth-order valence-electron chi connectivity index (χ4n) is 4.42. The van der Waals surface area contributed by atoms with Crippen molar-refractivity contribution >= 4 is 17.5 Å². The number of amides is 2. The molecule has 0 saturated carbocycles. The molecule has 0 unspecified atom stereocenters. The van der Waals surface area contributed by atoms with Gasteiger partial charge in [0.25, 0.3) is 0 Å². The molecule has 0 radical (unpaired) electrons. The van der Waals surface area contributed by atoms with Gasteiger partial charge in [0, 0.05) is 63.0 Å². The highest BCUT2D eigenvalue weighted by atomic mass is 19.1. The Hall–Kier alpha value is -2.77. The third-order valence-electron chi connectivity index (χ3n) is 6.44. The summed E-state index contributed by atoms with van der Waals surface area (Å²) in [6, 6.07) is 16.4. The molecule has 2 heterocycles. The second-order valence-corrected chi connectivity index (χ2v) is 8.65. The number of benzene rings is 2. The topological polar surface area (TPSA) is 55.9 Å². The zero-order valence-corrected chi connectivity index (χ0v) is 18.4. The maximum absolute atomic E-state index is 13.9. The number of para-hydroxylation sites is 1. The molecule has 2 aromatic rings. The van der Waals surface area contributed by atoms with Crippen molar-refractivity contribution in [3.05, 3.63) is 66.0 Å². The van der Waals surface area contributed by atoms with Crippen LogP contribution in [0.3, 0.4) is 0 Å². The third-order valence-corrected chi connectivity index (χ3v) is 6.44. The molecule has 7 heteroatoms. The van der Waals surface area contributed by atoms with Gasteiger partial charge in [-0.3, -0.25) is 19.4 Å². The quantitative estimate of drug-likeness (QED) is 0.754. The van der Waals surface area contributed by atoms with Gasteiger partial charge in [-0.05, 0) is 31.0 Å². The molecule has 2 aliphatic heterocycles. The van der Waals surface area contributed by atoms with Crippen LogP contribution in [0.2, 0.25) is 0 Å². The number of rotatable bonds is 6. The van der Waals surface area contributed by atoms with Crippen LogP contribution in [0.15, 0.2) is 54.6 Å². The Morgan fingerprint density at radius 3 is 2.16 bits per heavy atom. The Bertz CT molecular complexity index is 907. The molecule has 32 heavy (non-hydrogen) atoms. The molecule has 2 saturated heterocycles. The molecule has 2 amide bonds. The number of piperidine rings is 1. The Balaban J connectivity index is 1.17. The Morgan fingerprint density at radius 1 is 0.844 bits per heavy atom. The average molecular weight is 439 g/mol. The van der Waals surface area contributed by atoms with Gasteiger partial charge in [-0.15, -0.1) is 0 Å². The van der Waals surface area contributed by atoms with Crippen LogP contribution < -0.4 is 5.32 Å². The summed E-state index contributed by atoms with van der Waals surface area (Å²) in [5, 5.41) is 2.97. The molecule has 0 aromatic heterocycles. The minimum atomic E-state index is -0.161. The van der Waals surface area contributed by atoms with Gasteiger partial charge < -0.3 is 10.2 Å². The number of piperazine rings is 1. The molecule has 6 nitrogen and oxygen atoms in total. The van der Waals surface area contributed by atoms with E-state index in [4.69, 9.17) is 0 Å². The van der Waals surface area contributed by atoms with E-state index in [2.05, 4.69) is 15.1 Å². The van der Waals surface area contributed by atoms with Crippen molar-refractivity contribution in [1.29, 1.82) is 0 Å². The number of anilines is 1. The Labute approximate surface area is 189 Å². The molecule has 2 aliphatic rings. The second kappa shape index (κ2) is 10.7. The lowest BCUT2D eigenvalue weighted by molar-refractivity contribution is -0.136. The molecule has 0 atom stereocenters. The smallest absolute Gasteiger partial charge is 0.236 e. The lowest BCUT2D eigenvalue weighted by Gasteiger charge is -2.37. The summed E-state index contributed by atoms with van der Waals surface area (Å²) >= 11 is 0. The summed E-state index contributed by atoms with van der Waals surface area (Å²) in [4.78, 5) is 31.6. The average Bonchev–Trinajstić information content (AvgIpc) is 2.82. The van der Waals surface area contributed by atoms with E-state index >= 15 is 0 Å². The van der Waals surface area contributed by atoms with Crippen molar-refractivity contribution in [2.75, 3.05) is 51.1 Å². The van der Waals surface area contributed by atoms with Gasteiger partial charge in [0.15, 0.2) is 0 Å². The molecule has 0 aliphatic carbocycles. The first-order valence-electron chi connectivity index (χ1n) is 11.4. The van der Waals surface area contributed by atoms with E-state index in [-0.39, 0.29) is 23.5 Å². The van der Waals surface area contributed by atoms with Gasteiger partial charge in [-0.1, -0.05) is 36.4 Å². The van der Waals surface area contributed by atoms with Crippen molar-refractivity contribution < 1.29 is 14.0 Å². The molecule has 2 fully saturated rings. The van der Waals surface area contributed by atoms with Crippen LogP contribution in [-0.2, 0) is 16.1 Å². The normalized spacial score (nSPS) is 18.5. The largest absolute Gasteiger partial charge is 0.342 e. The van der Waals surface area contributed by atoms with Crippen LogP contribution in [0, 0.1) is 11.7 Å². The predicted molar refractivity (Wildman–Crippen MR) is 122 cm³/mol. The highest BCUT2D eigenvalue weighted by molar-refractivity contribution is 5.92. The van der Waals surface area contributed by atoms with Crippen LogP contribution in [0.25, 0.3) is 0 Å². The fourth-order valence-corrected chi connectivity index (χ4v) is 4.42. The molecule has 4 rings (SSSR count). The minimum absolute atomic E-state index is 0.0364. The van der Waals surface area contributed by atoms with Crippen molar-refractivity contribution in [3.8, 4) is 0 Å². The van der Waals surface area contributed by atoms with E-state index in [0.717, 1.165) is 37.4 Å². The van der Waals surface area contributed by atoms with Gasteiger partial charge in [-0.2, -0.15) is 0 Å². The van der Waals surface area contributed by atoms with E-state index < -0.39 is 0 Å². The molecule has 1 N–H and O–H groups in total. The predicted octanol–water partition coefficient (Wildman–Crippen LogP) is 2.82. The maximum atomic E-state index is 13.9. The zero-order chi connectivity index (χ0) is 22.3. The molecular formula is C25H31FN4O2. The van der Waals surface area contributed by atoms with Gasteiger partial charge in [0.05, 0.1) is 6.54 Å².